The third-order valence-corrected chi connectivity index (χ3v) is 7.90. The van der Waals surface area contributed by atoms with Crippen LogP contribution in [0.15, 0.2) is 42.5 Å². The monoisotopic (exact) mass is 420 g/mol. The number of aryl methyl sites for hydroxylation is 1. The maximum Gasteiger partial charge on any atom is 0.255 e. The third kappa shape index (κ3) is 4.10. The molecule has 4 rings (SSSR count). The van der Waals surface area contributed by atoms with Gasteiger partial charge in [0.1, 0.15) is 0 Å². The van der Waals surface area contributed by atoms with Crippen molar-refractivity contribution in [3.05, 3.63) is 59.2 Å². The minimum atomic E-state index is -0.502. The van der Waals surface area contributed by atoms with Crippen LogP contribution in [0.1, 0.15) is 86.7 Å². The highest BCUT2D eigenvalue weighted by atomic mass is 16.3. The highest BCUT2D eigenvalue weighted by molar-refractivity contribution is 6.05. The molecule has 1 saturated carbocycles. The van der Waals surface area contributed by atoms with Crippen LogP contribution in [0.5, 0.6) is 0 Å². The van der Waals surface area contributed by atoms with Gasteiger partial charge in [-0.2, -0.15) is 0 Å². The maximum absolute atomic E-state index is 12.9. The van der Waals surface area contributed by atoms with Crippen molar-refractivity contribution in [2.75, 3.05) is 11.1 Å². The average Bonchev–Trinajstić information content (AvgIpc) is 2.91. The summed E-state index contributed by atoms with van der Waals surface area (Å²) in [4.78, 5) is 12.9. The van der Waals surface area contributed by atoms with Crippen LogP contribution < -0.4 is 11.1 Å². The molecular formula is C27H36N2O2. The molecule has 2 aromatic carbocycles. The number of nitrogens with two attached hydrogens (primary N) is 1. The summed E-state index contributed by atoms with van der Waals surface area (Å²) < 4.78 is 0. The number of fused-ring (bicyclic) bond motifs is 3. The molecule has 0 saturated heterocycles. The molecule has 0 aromatic heterocycles. The second-order valence-electron chi connectivity index (χ2n) is 9.69. The van der Waals surface area contributed by atoms with Crippen LogP contribution in [-0.2, 0) is 11.8 Å². The number of nitrogen functional groups attached to an aromatic ring is 1. The number of carbonyl (C=O) groups excluding carboxylic acids is 1. The Hall–Kier alpha value is -2.33. The van der Waals surface area contributed by atoms with Crippen LogP contribution >= 0.6 is 0 Å². The fraction of sp³-hybridized carbons (Fsp3) is 0.519. The van der Waals surface area contributed by atoms with Crippen LogP contribution in [0.25, 0.3) is 0 Å². The first-order valence-electron chi connectivity index (χ1n) is 11.9. The van der Waals surface area contributed by atoms with E-state index in [-0.39, 0.29) is 11.3 Å². The van der Waals surface area contributed by atoms with Crippen LogP contribution in [0, 0.1) is 5.92 Å². The maximum atomic E-state index is 12.9. The van der Waals surface area contributed by atoms with Gasteiger partial charge in [0, 0.05) is 5.56 Å². The summed E-state index contributed by atoms with van der Waals surface area (Å²) in [5.74, 6) is 0.390. The molecule has 0 radical (unpaired) electrons. The molecule has 4 nitrogen and oxygen atoms in total. The van der Waals surface area contributed by atoms with Crippen LogP contribution in [-0.4, -0.2) is 16.6 Å². The Bertz CT molecular complexity index is 956. The van der Waals surface area contributed by atoms with Gasteiger partial charge in [-0.3, -0.25) is 4.79 Å². The number of aliphatic hydroxyl groups is 1. The van der Waals surface area contributed by atoms with Gasteiger partial charge in [0.05, 0.1) is 17.0 Å². The lowest BCUT2D eigenvalue weighted by molar-refractivity contribution is -0.0542. The molecule has 4 heteroatoms. The van der Waals surface area contributed by atoms with Crippen molar-refractivity contribution in [2.24, 2.45) is 5.92 Å². The molecule has 4 N–H and O–H groups in total. The van der Waals surface area contributed by atoms with E-state index in [4.69, 9.17) is 5.73 Å². The zero-order valence-electron chi connectivity index (χ0n) is 18.9. The topological polar surface area (TPSA) is 75.3 Å². The first-order chi connectivity index (χ1) is 14.9. The lowest BCUT2D eigenvalue weighted by Crippen LogP contribution is -2.47. The lowest BCUT2D eigenvalue weighted by atomic mass is 9.56. The molecule has 0 aliphatic heterocycles. The van der Waals surface area contributed by atoms with Crippen molar-refractivity contribution in [1.29, 1.82) is 0 Å². The van der Waals surface area contributed by atoms with Crippen molar-refractivity contribution in [1.82, 2.24) is 0 Å². The Balaban J connectivity index is 1.63. The van der Waals surface area contributed by atoms with Crippen molar-refractivity contribution in [3.8, 4) is 0 Å². The highest BCUT2D eigenvalue weighted by Gasteiger charge is 2.49. The van der Waals surface area contributed by atoms with Gasteiger partial charge in [-0.1, -0.05) is 38.5 Å². The Kier molecular flexibility index (Phi) is 6.11. The molecule has 0 heterocycles. The summed E-state index contributed by atoms with van der Waals surface area (Å²) in [7, 11) is 0. The zero-order valence-corrected chi connectivity index (χ0v) is 18.9. The standard InChI is InChI=1S/C27H36N2O2/c1-3-14-26(31)15-16-27(4-2)21(18-26)9-7-8-19-17-20(12-13-22(19)27)25(30)29-24-11-6-5-10-23(24)28/h5-6,10-13,17,21,31H,3-4,7-9,14-16,18,28H2,1-2H3,(H,29,30)/t21-,26+,27+/m1/s1. The molecular weight excluding hydrogens is 384 g/mol. The minimum Gasteiger partial charge on any atom is -0.397 e. The molecule has 2 aliphatic rings. The number of amides is 1. The van der Waals surface area contributed by atoms with E-state index >= 15 is 0 Å². The first-order valence-corrected chi connectivity index (χ1v) is 11.9. The SMILES string of the molecule is CCC[C@]1(O)CC[C@]2(CC)c3ccc(C(=O)Nc4ccccc4N)cc3CCC[C@@H]2C1. The summed E-state index contributed by atoms with van der Waals surface area (Å²) in [6.07, 6.45) is 9.08. The smallest absolute Gasteiger partial charge is 0.255 e. The Labute approximate surface area is 186 Å². The highest BCUT2D eigenvalue weighted by Crippen LogP contribution is 2.54. The Morgan fingerprint density at radius 2 is 2.00 bits per heavy atom. The number of rotatable bonds is 5. The number of hydrogen-bond acceptors (Lipinski definition) is 3. The number of para-hydroxylation sites is 2. The number of carbonyl (C=O) groups is 1. The van der Waals surface area contributed by atoms with Gasteiger partial charge >= 0.3 is 0 Å². The van der Waals surface area contributed by atoms with E-state index in [9.17, 15) is 9.90 Å². The molecule has 1 amide bonds. The second-order valence-corrected chi connectivity index (χ2v) is 9.69. The predicted molar refractivity (Wildman–Crippen MR) is 127 cm³/mol. The number of hydrogen-bond donors (Lipinski definition) is 3. The van der Waals surface area contributed by atoms with Crippen molar-refractivity contribution in [3.63, 3.8) is 0 Å². The molecule has 2 aliphatic carbocycles. The van der Waals surface area contributed by atoms with Crippen LogP contribution in [0.4, 0.5) is 11.4 Å². The first kappa shape index (κ1) is 21.9. The summed E-state index contributed by atoms with van der Waals surface area (Å²) in [6.45, 7) is 4.46. The van der Waals surface area contributed by atoms with E-state index in [1.165, 1.54) is 11.1 Å². The summed E-state index contributed by atoms with van der Waals surface area (Å²) in [5.41, 5.74) is 10.2. The Morgan fingerprint density at radius 3 is 2.74 bits per heavy atom. The van der Waals surface area contributed by atoms with E-state index in [1.54, 1.807) is 6.07 Å². The van der Waals surface area contributed by atoms with Crippen LogP contribution in [0.3, 0.4) is 0 Å². The minimum absolute atomic E-state index is 0.116. The van der Waals surface area contributed by atoms with Gasteiger partial charge in [-0.25, -0.2) is 0 Å². The molecule has 1 fully saturated rings. The zero-order chi connectivity index (χ0) is 22.1. The molecule has 31 heavy (non-hydrogen) atoms. The number of benzene rings is 2. The molecule has 0 unspecified atom stereocenters. The Morgan fingerprint density at radius 1 is 1.19 bits per heavy atom. The fourth-order valence-electron chi connectivity index (χ4n) is 6.27. The molecule has 0 spiro atoms. The molecule has 3 atom stereocenters. The third-order valence-electron chi connectivity index (χ3n) is 7.90. The van der Waals surface area contributed by atoms with E-state index in [2.05, 4.69) is 31.3 Å². The predicted octanol–water partition coefficient (Wildman–Crippen LogP) is 5.84. The quantitative estimate of drug-likeness (QED) is 0.532. The van der Waals surface area contributed by atoms with E-state index in [1.807, 2.05) is 24.3 Å². The summed E-state index contributed by atoms with van der Waals surface area (Å²) in [5, 5.41) is 14.1. The van der Waals surface area contributed by atoms with Crippen molar-refractivity contribution >= 4 is 17.3 Å². The molecule has 166 valence electrons. The van der Waals surface area contributed by atoms with Gasteiger partial charge in [0.25, 0.3) is 5.91 Å². The summed E-state index contributed by atoms with van der Waals surface area (Å²) in [6, 6.07) is 13.6. The molecule has 0 bridgehead atoms. The lowest BCUT2D eigenvalue weighted by Gasteiger charge is -2.50. The van der Waals surface area contributed by atoms with Gasteiger partial charge in [-0.05, 0) is 98.1 Å². The summed E-state index contributed by atoms with van der Waals surface area (Å²) >= 11 is 0. The molecule has 2 aromatic rings. The van der Waals surface area contributed by atoms with E-state index < -0.39 is 5.60 Å². The fourth-order valence-corrected chi connectivity index (χ4v) is 6.27. The number of anilines is 2. The average molecular weight is 421 g/mol. The van der Waals surface area contributed by atoms with Gasteiger partial charge in [0.15, 0.2) is 0 Å². The van der Waals surface area contributed by atoms with Crippen molar-refractivity contribution < 1.29 is 9.90 Å². The van der Waals surface area contributed by atoms with E-state index in [0.29, 0.717) is 22.9 Å². The van der Waals surface area contributed by atoms with Crippen molar-refractivity contribution in [2.45, 2.75) is 82.7 Å². The van der Waals surface area contributed by atoms with Crippen LogP contribution in [0.2, 0.25) is 0 Å². The van der Waals surface area contributed by atoms with E-state index in [0.717, 1.165) is 57.8 Å². The number of nitrogens with one attached hydrogen (secondary N) is 1. The second kappa shape index (κ2) is 8.66. The largest absolute Gasteiger partial charge is 0.397 e. The van der Waals surface area contributed by atoms with Gasteiger partial charge in [-0.15, -0.1) is 0 Å². The van der Waals surface area contributed by atoms with Gasteiger partial charge < -0.3 is 16.2 Å². The van der Waals surface area contributed by atoms with Gasteiger partial charge in [0.2, 0.25) is 0 Å². The normalized spacial score (nSPS) is 27.6.